The van der Waals surface area contributed by atoms with Crippen molar-refractivity contribution >= 4 is 33.3 Å². The van der Waals surface area contributed by atoms with Crippen LogP contribution in [0.3, 0.4) is 0 Å². The van der Waals surface area contributed by atoms with Gasteiger partial charge in [0.1, 0.15) is 16.6 Å². The fraction of sp³-hybridized carbons (Fsp3) is 0.333. The minimum absolute atomic E-state index is 0.236. The van der Waals surface area contributed by atoms with Crippen LogP contribution in [0.15, 0.2) is 29.1 Å². The number of hydrogen-bond donors (Lipinski definition) is 1. The molecule has 2 heterocycles. The fourth-order valence-electron chi connectivity index (χ4n) is 2.09. The van der Waals surface area contributed by atoms with Crippen molar-refractivity contribution in [1.29, 1.82) is 0 Å². The smallest absolute Gasteiger partial charge is 0.278 e. The van der Waals surface area contributed by atoms with Crippen molar-refractivity contribution in [2.45, 2.75) is 32.7 Å². The standard InChI is InChI=1S/C15H16N6O2S/c1-8(2)13-18-19-15(24-13)16-12(22)9(3)21-14(23)10-6-4-5-7-11(10)17-20-21/h4-9H,1-3H3,(H,16,19,22). The second kappa shape index (κ2) is 6.44. The summed E-state index contributed by atoms with van der Waals surface area (Å²) in [5.74, 6) is -0.160. The SMILES string of the molecule is CC(C)c1nnc(NC(=O)C(C)n2nnc3ccccc3c2=O)s1. The predicted molar refractivity (Wildman–Crippen MR) is 91.1 cm³/mol. The van der Waals surface area contributed by atoms with Crippen LogP contribution in [0.2, 0.25) is 0 Å². The monoisotopic (exact) mass is 344 g/mol. The highest BCUT2D eigenvalue weighted by Crippen LogP contribution is 2.23. The van der Waals surface area contributed by atoms with E-state index < -0.39 is 11.9 Å². The predicted octanol–water partition coefficient (Wildman–Crippen LogP) is 1.97. The van der Waals surface area contributed by atoms with Gasteiger partial charge in [0.25, 0.3) is 11.5 Å². The molecule has 124 valence electrons. The van der Waals surface area contributed by atoms with E-state index in [1.54, 1.807) is 31.2 Å². The quantitative estimate of drug-likeness (QED) is 0.776. The maximum absolute atomic E-state index is 12.5. The molecule has 9 heteroatoms. The first-order chi connectivity index (χ1) is 11.5. The van der Waals surface area contributed by atoms with E-state index in [-0.39, 0.29) is 11.5 Å². The molecule has 0 saturated heterocycles. The molecule has 0 fully saturated rings. The Morgan fingerprint density at radius 3 is 2.62 bits per heavy atom. The number of carbonyl (C=O) groups excluding carboxylic acids is 1. The van der Waals surface area contributed by atoms with Gasteiger partial charge in [-0.3, -0.25) is 14.9 Å². The summed E-state index contributed by atoms with van der Waals surface area (Å²) in [6.45, 7) is 5.59. The average molecular weight is 344 g/mol. The molecule has 0 bridgehead atoms. The number of amides is 1. The van der Waals surface area contributed by atoms with Gasteiger partial charge in [-0.25, -0.2) is 0 Å². The first kappa shape index (κ1) is 16.2. The Kier molecular flexibility index (Phi) is 4.34. The average Bonchev–Trinajstić information content (AvgIpc) is 3.03. The number of hydrogen-bond acceptors (Lipinski definition) is 7. The Bertz CT molecular complexity index is 948. The van der Waals surface area contributed by atoms with Crippen LogP contribution in [0.25, 0.3) is 10.9 Å². The Balaban J connectivity index is 1.85. The lowest BCUT2D eigenvalue weighted by molar-refractivity contribution is -0.119. The Morgan fingerprint density at radius 1 is 1.17 bits per heavy atom. The number of rotatable bonds is 4. The van der Waals surface area contributed by atoms with Crippen molar-refractivity contribution in [3.8, 4) is 0 Å². The third-order valence-corrected chi connectivity index (χ3v) is 4.64. The molecule has 3 aromatic rings. The summed E-state index contributed by atoms with van der Waals surface area (Å²) in [5.41, 5.74) is 0.139. The molecule has 24 heavy (non-hydrogen) atoms. The van der Waals surface area contributed by atoms with E-state index in [9.17, 15) is 9.59 Å². The molecular formula is C15H16N6O2S. The Labute approximate surface area is 141 Å². The molecule has 1 N–H and O–H groups in total. The van der Waals surface area contributed by atoms with Crippen LogP contribution >= 0.6 is 11.3 Å². The zero-order valence-corrected chi connectivity index (χ0v) is 14.2. The van der Waals surface area contributed by atoms with E-state index in [2.05, 4.69) is 25.8 Å². The van der Waals surface area contributed by atoms with Gasteiger partial charge in [-0.1, -0.05) is 42.5 Å². The van der Waals surface area contributed by atoms with Crippen LogP contribution in [0.5, 0.6) is 0 Å². The third kappa shape index (κ3) is 3.02. The topological polar surface area (TPSA) is 103 Å². The lowest BCUT2D eigenvalue weighted by Gasteiger charge is -2.12. The summed E-state index contributed by atoms with van der Waals surface area (Å²) in [6, 6.07) is 6.06. The minimum Gasteiger partial charge on any atom is -0.299 e. The van der Waals surface area contributed by atoms with Gasteiger partial charge in [0.15, 0.2) is 0 Å². The number of fused-ring (bicyclic) bond motifs is 1. The Hall–Kier alpha value is -2.68. The number of anilines is 1. The largest absolute Gasteiger partial charge is 0.299 e. The second-order valence-electron chi connectivity index (χ2n) is 5.62. The van der Waals surface area contributed by atoms with Gasteiger partial charge in [0.2, 0.25) is 5.13 Å². The van der Waals surface area contributed by atoms with Crippen LogP contribution in [0.4, 0.5) is 5.13 Å². The van der Waals surface area contributed by atoms with Gasteiger partial charge in [-0.15, -0.1) is 15.3 Å². The molecule has 8 nitrogen and oxygen atoms in total. The second-order valence-corrected chi connectivity index (χ2v) is 6.63. The molecule has 1 atom stereocenters. The lowest BCUT2D eigenvalue weighted by Crippen LogP contribution is -2.34. The van der Waals surface area contributed by atoms with Crippen LogP contribution in [-0.2, 0) is 4.79 Å². The fourth-order valence-corrected chi connectivity index (χ4v) is 2.84. The number of nitrogens with zero attached hydrogens (tertiary/aromatic N) is 5. The van der Waals surface area contributed by atoms with Crippen molar-refractivity contribution in [3.05, 3.63) is 39.6 Å². The summed E-state index contributed by atoms with van der Waals surface area (Å²) < 4.78 is 1.07. The normalized spacial score (nSPS) is 12.5. The molecule has 1 unspecified atom stereocenters. The summed E-state index contributed by atoms with van der Waals surface area (Å²) in [4.78, 5) is 24.9. The highest BCUT2D eigenvalue weighted by Gasteiger charge is 2.21. The van der Waals surface area contributed by atoms with Gasteiger partial charge < -0.3 is 0 Å². The van der Waals surface area contributed by atoms with Gasteiger partial charge in [-0.05, 0) is 19.1 Å². The molecule has 0 aliphatic heterocycles. The van der Waals surface area contributed by atoms with Gasteiger partial charge >= 0.3 is 0 Å². The first-order valence-corrected chi connectivity index (χ1v) is 8.27. The lowest BCUT2D eigenvalue weighted by atomic mass is 10.2. The van der Waals surface area contributed by atoms with E-state index in [0.29, 0.717) is 16.0 Å². The molecule has 3 rings (SSSR count). The van der Waals surface area contributed by atoms with E-state index in [1.165, 1.54) is 11.3 Å². The van der Waals surface area contributed by atoms with Gasteiger partial charge in [-0.2, -0.15) is 4.68 Å². The molecule has 1 aromatic carbocycles. The highest BCUT2D eigenvalue weighted by atomic mass is 32.1. The summed E-state index contributed by atoms with van der Waals surface area (Å²) in [6.07, 6.45) is 0. The number of carbonyl (C=O) groups is 1. The molecule has 0 aliphatic rings. The molecule has 0 aliphatic carbocycles. The summed E-state index contributed by atoms with van der Waals surface area (Å²) in [5, 5.41) is 20.1. The van der Waals surface area contributed by atoms with Crippen LogP contribution < -0.4 is 10.9 Å². The van der Waals surface area contributed by atoms with E-state index in [0.717, 1.165) is 9.69 Å². The van der Waals surface area contributed by atoms with Crippen LogP contribution in [-0.4, -0.2) is 31.1 Å². The zero-order chi connectivity index (χ0) is 17.3. The number of benzene rings is 1. The van der Waals surface area contributed by atoms with Crippen LogP contribution in [0.1, 0.15) is 37.7 Å². The maximum Gasteiger partial charge on any atom is 0.278 e. The van der Waals surface area contributed by atoms with Gasteiger partial charge in [0, 0.05) is 5.92 Å². The van der Waals surface area contributed by atoms with E-state index in [4.69, 9.17) is 0 Å². The van der Waals surface area contributed by atoms with Crippen molar-refractivity contribution in [1.82, 2.24) is 25.2 Å². The Morgan fingerprint density at radius 2 is 1.92 bits per heavy atom. The van der Waals surface area contributed by atoms with E-state index >= 15 is 0 Å². The number of nitrogens with one attached hydrogen (secondary N) is 1. The summed E-state index contributed by atoms with van der Waals surface area (Å²) in [7, 11) is 0. The van der Waals surface area contributed by atoms with Crippen molar-refractivity contribution < 1.29 is 4.79 Å². The van der Waals surface area contributed by atoms with E-state index in [1.807, 2.05) is 13.8 Å². The first-order valence-electron chi connectivity index (χ1n) is 7.46. The molecule has 1 amide bonds. The summed E-state index contributed by atoms with van der Waals surface area (Å²) >= 11 is 1.31. The molecule has 2 aromatic heterocycles. The van der Waals surface area contributed by atoms with Crippen LogP contribution in [0, 0.1) is 0 Å². The van der Waals surface area contributed by atoms with Crippen molar-refractivity contribution in [3.63, 3.8) is 0 Å². The zero-order valence-electron chi connectivity index (χ0n) is 13.4. The molecule has 0 spiro atoms. The van der Waals surface area contributed by atoms with Crippen molar-refractivity contribution in [2.75, 3.05) is 5.32 Å². The highest BCUT2D eigenvalue weighted by molar-refractivity contribution is 7.15. The minimum atomic E-state index is -0.819. The third-order valence-electron chi connectivity index (χ3n) is 3.50. The molecule has 0 saturated carbocycles. The molecular weight excluding hydrogens is 328 g/mol. The van der Waals surface area contributed by atoms with Crippen molar-refractivity contribution in [2.24, 2.45) is 0 Å². The van der Waals surface area contributed by atoms with Gasteiger partial charge in [0.05, 0.1) is 5.39 Å². The molecule has 0 radical (unpaired) electrons. The number of aromatic nitrogens is 5. The maximum atomic E-state index is 12.5.